The second-order valence-electron chi connectivity index (χ2n) is 6.16. The van der Waals surface area contributed by atoms with Crippen LogP contribution >= 0.6 is 11.6 Å². The third-order valence-electron chi connectivity index (χ3n) is 4.55. The Morgan fingerprint density at radius 2 is 1.96 bits per heavy atom. The standard InChI is InChI=1S/C21H18ClN3O/c1-13-8-9-16(22)11-19(13)24-21(26)15(12-23)10-18-14(2)25(3)20-7-5-4-6-17(18)20/h4-11H,1-3H3,(H,24,26)/b15-10+. The van der Waals surface area contributed by atoms with Gasteiger partial charge in [-0.2, -0.15) is 5.26 Å². The first-order chi connectivity index (χ1) is 12.4. The molecule has 3 rings (SSSR count). The first-order valence-electron chi connectivity index (χ1n) is 8.15. The number of carbonyl (C=O) groups excluding carboxylic acids is 1. The number of nitrogens with one attached hydrogen (secondary N) is 1. The maximum absolute atomic E-state index is 12.6. The summed E-state index contributed by atoms with van der Waals surface area (Å²) in [6.45, 7) is 3.84. The Balaban J connectivity index is 2.02. The van der Waals surface area contributed by atoms with Gasteiger partial charge in [0.2, 0.25) is 0 Å². The van der Waals surface area contributed by atoms with Crippen LogP contribution in [0.25, 0.3) is 17.0 Å². The van der Waals surface area contributed by atoms with Gasteiger partial charge in [-0.3, -0.25) is 4.79 Å². The van der Waals surface area contributed by atoms with Crippen molar-refractivity contribution >= 4 is 40.2 Å². The van der Waals surface area contributed by atoms with Crippen molar-refractivity contribution in [2.75, 3.05) is 5.32 Å². The van der Waals surface area contributed by atoms with Crippen LogP contribution in [0.3, 0.4) is 0 Å². The summed E-state index contributed by atoms with van der Waals surface area (Å²) in [6.07, 6.45) is 1.65. The van der Waals surface area contributed by atoms with E-state index in [1.807, 2.05) is 57.3 Å². The van der Waals surface area contributed by atoms with Crippen LogP contribution in [0.2, 0.25) is 5.02 Å². The van der Waals surface area contributed by atoms with Gasteiger partial charge in [0.05, 0.1) is 0 Å². The van der Waals surface area contributed by atoms with Gasteiger partial charge < -0.3 is 9.88 Å². The van der Waals surface area contributed by atoms with E-state index in [-0.39, 0.29) is 5.57 Å². The Morgan fingerprint density at radius 1 is 1.23 bits per heavy atom. The van der Waals surface area contributed by atoms with Crippen molar-refractivity contribution in [2.45, 2.75) is 13.8 Å². The summed E-state index contributed by atoms with van der Waals surface area (Å²) in [5.74, 6) is -0.454. The lowest BCUT2D eigenvalue weighted by Crippen LogP contribution is -2.14. The van der Waals surface area contributed by atoms with Crippen LogP contribution < -0.4 is 5.32 Å². The third-order valence-corrected chi connectivity index (χ3v) is 4.79. The number of fused-ring (bicyclic) bond motifs is 1. The molecule has 0 unspecified atom stereocenters. The molecule has 5 heteroatoms. The van der Waals surface area contributed by atoms with Crippen LogP contribution in [-0.2, 0) is 11.8 Å². The first kappa shape index (κ1) is 17.8. The fourth-order valence-electron chi connectivity index (χ4n) is 2.94. The molecule has 0 aliphatic rings. The minimum Gasteiger partial charge on any atom is -0.347 e. The second-order valence-corrected chi connectivity index (χ2v) is 6.59. The Morgan fingerprint density at radius 3 is 2.69 bits per heavy atom. The Labute approximate surface area is 157 Å². The predicted molar refractivity (Wildman–Crippen MR) is 106 cm³/mol. The summed E-state index contributed by atoms with van der Waals surface area (Å²) in [5.41, 5.74) is 4.44. The van der Waals surface area contributed by atoms with Gasteiger partial charge in [0.25, 0.3) is 5.91 Å². The number of nitrogens with zero attached hydrogens (tertiary/aromatic N) is 2. The van der Waals surface area contributed by atoms with Crippen molar-refractivity contribution in [1.29, 1.82) is 5.26 Å². The van der Waals surface area contributed by atoms with Crippen molar-refractivity contribution in [3.8, 4) is 6.07 Å². The highest BCUT2D eigenvalue weighted by atomic mass is 35.5. The van der Waals surface area contributed by atoms with E-state index in [1.54, 1.807) is 18.2 Å². The number of para-hydroxylation sites is 1. The van der Waals surface area contributed by atoms with Crippen LogP contribution in [0.1, 0.15) is 16.8 Å². The number of hydrogen-bond donors (Lipinski definition) is 1. The average molecular weight is 364 g/mol. The topological polar surface area (TPSA) is 57.8 Å². The number of carbonyl (C=O) groups is 1. The number of amides is 1. The molecule has 26 heavy (non-hydrogen) atoms. The van der Waals surface area contributed by atoms with Crippen LogP contribution in [-0.4, -0.2) is 10.5 Å². The number of anilines is 1. The molecule has 0 spiro atoms. The van der Waals surface area contributed by atoms with Gasteiger partial charge in [0, 0.05) is 39.9 Å². The fourth-order valence-corrected chi connectivity index (χ4v) is 3.12. The van der Waals surface area contributed by atoms with Crippen LogP contribution in [0.4, 0.5) is 5.69 Å². The molecular weight excluding hydrogens is 346 g/mol. The molecule has 0 bridgehead atoms. The second kappa shape index (κ2) is 7.07. The molecule has 0 saturated carbocycles. The SMILES string of the molecule is Cc1ccc(Cl)cc1NC(=O)/C(C#N)=C/c1c(C)n(C)c2ccccc12. The smallest absolute Gasteiger partial charge is 0.266 e. The van der Waals surface area contributed by atoms with E-state index in [9.17, 15) is 10.1 Å². The molecule has 4 nitrogen and oxygen atoms in total. The number of nitriles is 1. The zero-order valence-electron chi connectivity index (χ0n) is 14.8. The molecule has 1 N–H and O–H groups in total. The maximum Gasteiger partial charge on any atom is 0.266 e. The highest BCUT2D eigenvalue weighted by molar-refractivity contribution is 6.31. The van der Waals surface area contributed by atoms with Crippen molar-refractivity contribution in [3.05, 3.63) is 69.9 Å². The van der Waals surface area contributed by atoms with E-state index in [0.29, 0.717) is 10.7 Å². The summed E-state index contributed by atoms with van der Waals surface area (Å²) in [5, 5.41) is 13.8. The summed E-state index contributed by atoms with van der Waals surface area (Å²) in [7, 11) is 1.97. The van der Waals surface area contributed by atoms with Gasteiger partial charge in [-0.1, -0.05) is 35.9 Å². The molecule has 1 aromatic heterocycles. The number of hydrogen-bond acceptors (Lipinski definition) is 2. The maximum atomic E-state index is 12.6. The van der Waals surface area contributed by atoms with E-state index in [0.717, 1.165) is 27.7 Å². The summed E-state index contributed by atoms with van der Waals surface area (Å²) >= 11 is 6.00. The average Bonchev–Trinajstić information content (AvgIpc) is 2.87. The molecule has 2 aromatic carbocycles. The normalized spacial score (nSPS) is 11.4. The molecule has 3 aromatic rings. The first-order valence-corrected chi connectivity index (χ1v) is 8.53. The van der Waals surface area contributed by atoms with E-state index in [1.165, 1.54) is 0 Å². The number of aromatic nitrogens is 1. The number of halogens is 1. The van der Waals surface area contributed by atoms with Crippen molar-refractivity contribution in [3.63, 3.8) is 0 Å². The molecule has 0 radical (unpaired) electrons. The highest BCUT2D eigenvalue weighted by Crippen LogP contribution is 2.27. The van der Waals surface area contributed by atoms with Crippen molar-refractivity contribution in [1.82, 2.24) is 4.57 Å². The molecule has 0 saturated heterocycles. The van der Waals surface area contributed by atoms with Crippen LogP contribution in [0.15, 0.2) is 48.0 Å². The largest absolute Gasteiger partial charge is 0.347 e. The zero-order valence-corrected chi connectivity index (χ0v) is 15.6. The summed E-state index contributed by atoms with van der Waals surface area (Å²) in [4.78, 5) is 12.6. The fraction of sp³-hybridized carbons (Fsp3) is 0.143. The minimum absolute atomic E-state index is 0.0452. The summed E-state index contributed by atoms with van der Waals surface area (Å²) < 4.78 is 2.05. The molecule has 0 aliphatic heterocycles. The summed E-state index contributed by atoms with van der Waals surface area (Å²) in [6, 6.07) is 15.2. The Kier molecular flexibility index (Phi) is 4.83. The number of aryl methyl sites for hydroxylation is 2. The lowest BCUT2D eigenvalue weighted by atomic mass is 10.1. The third kappa shape index (κ3) is 3.22. The Bertz CT molecular complexity index is 1090. The lowest BCUT2D eigenvalue weighted by molar-refractivity contribution is -0.112. The van der Waals surface area contributed by atoms with E-state index >= 15 is 0 Å². The highest BCUT2D eigenvalue weighted by Gasteiger charge is 2.15. The van der Waals surface area contributed by atoms with E-state index in [2.05, 4.69) is 9.88 Å². The quantitative estimate of drug-likeness (QED) is 0.526. The van der Waals surface area contributed by atoms with Crippen LogP contribution in [0.5, 0.6) is 0 Å². The molecule has 0 atom stereocenters. The number of benzene rings is 2. The zero-order chi connectivity index (χ0) is 18.8. The minimum atomic E-state index is -0.454. The van der Waals surface area contributed by atoms with Gasteiger partial charge in [0.1, 0.15) is 11.6 Å². The predicted octanol–water partition coefficient (Wildman–Crippen LogP) is 4.99. The van der Waals surface area contributed by atoms with Gasteiger partial charge in [0.15, 0.2) is 0 Å². The van der Waals surface area contributed by atoms with Crippen molar-refractivity contribution in [2.24, 2.45) is 7.05 Å². The van der Waals surface area contributed by atoms with E-state index in [4.69, 9.17) is 11.6 Å². The van der Waals surface area contributed by atoms with Crippen LogP contribution in [0, 0.1) is 25.2 Å². The van der Waals surface area contributed by atoms with Gasteiger partial charge in [-0.25, -0.2) is 0 Å². The lowest BCUT2D eigenvalue weighted by Gasteiger charge is -2.08. The van der Waals surface area contributed by atoms with E-state index < -0.39 is 5.91 Å². The Hall–Kier alpha value is -3.03. The molecule has 1 heterocycles. The molecule has 0 aliphatic carbocycles. The van der Waals surface area contributed by atoms with Gasteiger partial charge in [-0.15, -0.1) is 0 Å². The molecule has 1 amide bonds. The van der Waals surface area contributed by atoms with Gasteiger partial charge >= 0.3 is 0 Å². The van der Waals surface area contributed by atoms with Gasteiger partial charge in [-0.05, 0) is 43.7 Å². The number of rotatable bonds is 3. The van der Waals surface area contributed by atoms with Crippen molar-refractivity contribution < 1.29 is 4.79 Å². The molecule has 130 valence electrons. The molecule has 0 fully saturated rings. The molecular formula is C21H18ClN3O. The monoisotopic (exact) mass is 363 g/mol.